The van der Waals surface area contributed by atoms with Crippen LogP contribution in [0.15, 0.2) is 30.9 Å². The van der Waals surface area contributed by atoms with Gasteiger partial charge in [-0.3, -0.25) is 0 Å². The van der Waals surface area contributed by atoms with Gasteiger partial charge in [0.2, 0.25) is 11.9 Å². The Morgan fingerprint density at radius 1 is 0.906 bits per heavy atom. The number of ether oxygens (including phenoxy) is 5. The third kappa shape index (κ3) is 9.33. The molecule has 1 aromatic heterocycles. The summed E-state index contributed by atoms with van der Waals surface area (Å²) in [5, 5.41) is 6.28. The van der Waals surface area contributed by atoms with Crippen molar-refractivity contribution in [2.24, 2.45) is 5.73 Å². The Bertz CT molecular complexity index is 801. The summed E-state index contributed by atoms with van der Waals surface area (Å²) < 4.78 is 26.9. The lowest BCUT2D eigenvalue weighted by molar-refractivity contribution is 0.0547. The molecule has 0 unspecified atom stereocenters. The second-order valence-electron chi connectivity index (χ2n) is 6.38. The van der Waals surface area contributed by atoms with Gasteiger partial charge in [0.25, 0.3) is 0 Å². The van der Waals surface area contributed by atoms with Gasteiger partial charge in [0, 0.05) is 25.7 Å². The van der Waals surface area contributed by atoms with Crippen LogP contribution < -0.4 is 30.6 Å². The van der Waals surface area contributed by atoms with Crippen LogP contribution in [0.25, 0.3) is 0 Å². The van der Waals surface area contributed by atoms with Gasteiger partial charge >= 0.3 is 6.01 Å². The molecule has 0 aliphatic carbocycles. The van der Waals surface area contributed by atoms with E-state index in [0.717, 1.165) is 5.56 Å². The van der Waals surface area contributed by atoms with Crippen LogP contribution in [-0.2, 0) is 16.0 Å². The number of nitrogens with one attached hydrogen (secondary N) is 2. The SMILES string of the molecule is C=CCOc1nc(NCCOCCOCCN)nc(NCc2cc(OC)cc(OC)c2)n1. The first-order valence-corrected chi connectivity index (χ1v) is 10.2. The molecule has 11 nitrogen and oxygen atoms in total. The number of hydrogen-bond donors (Lipinski definition) is 3. The summed E-state index contributed by atoms with van der Waals surface area (Å²) in [7, 11) is 3.21. The summed E-state index contributed by atoms with van der Waals surface area (Å²) >= 11 is 0. The van der Waals surface area contributed by atoms with Crippen molar-refractivity contribution in [2.75, 3.05) is 71.0 Å². The molecule has 0 bridgehead atoms. The van der Waals surface area contributed by atoms with Crippen molar-refractivity contribution in [3.8, 4) is 17.5 Å². The van der Waals surface area contributed by atoms with Crippen LogP contribution >= 0.6 is 0 Å². The predicted octanol–water partition coefficient (Wildman–Crippen LogP) is 1.47. The van der Waals surface area contributed by atoms with Gasteiger partial charge in [-0.2, -0.15) is 15.0 Å². The van der Waals surface area contributed by atoms with Crippen molar-refractivity contribution in [1.29, 1.82) is 0 Å². The number of aromatic nitrogens is 3. The first-order chi connectivity index (χ1) is 15.7. The van der Waals surface area contributed by atoms with E-state index in [4.69, 9.17) is 29.4 Å². The van der Waals surface area contributed by atoms with Crippen molar-refractivity contribution in [1.82, 2.24) is 15.0 Å². The summed E-state index contributed by atoms with van der Waals surface area (Å²) in [5.41, 5.74) is 6.30. The molecule has 11 heteroatoms. The molecule has 0 aliphatic heterocycles. The van der Waals surface area contributed by atoms with Gasteiger partial charge in [-0.25, -0.2) is 0 Å². The molecule has 32 heavy (non-hydrogen) atoms. The highest BCUT2D eigenvalue weighted by Gasteiger charge is 2.09. The van der Waals surface area contributed by atoms with Gasteiger partial charge in [0.1, 0.15) is 18.1 Å². The average molecular weight is 449 g/mol. The Kier molecular flexibility index (Phi) is 11.6. The molecule has 1 heterocycles. The van der Waals surface area contributed by atoms with Crippen LogP contribution in [0.2, 0.25) is 0 Å². The van der Waals surface area contributed by atoms with Crippen LogP contribution in [0.3, 0.4) is 0 Å². The average Bonchev–Trinajstić information content (AvgIpc) is 2.82. The Morgan fingerprint density at radius 2 is 1.56 bits per heavy atom. The molecule has 0 amide bonds. The van der Waals surface area contributed by atoms with Crippen LogP contribution in [0.5, 0.6) is 17.5 Å². The lowest BCUT2D eigenvalue weighted by Crippen LogP contribution is -2.16. The summed E-state index contributed by atoms with van der Waals surface area (Å²) in [6.07, 6.45) is 1.62. The maximum absolute atomic E-state index is 5.49. The van der Waals surface area contributed by atoms with E-state index in [-0.39, 0.29) is 12.6 Å². The van der Waals surface area contributed by atoms with E-state index in [0.29, 0.717) is 69.5 Å². The van der Waals surface area contributed by atoms with E-state index in [2.05, 4.69) is 32.2 Å². The number of anilines is 2. The second kappa shape index (κ2) is 14.8. The normalized spacial score (nSPS) is 10.5. The standard InChI is InChI=1S/C21H32N6O5/c1-4-7-32-21-26-19(23-6-9-31-11-10-30-8-5-22)25-20(27-21)24-15-16-12-17(28-2)14-18(13-16)29-3/h4,12-14H,1,5-11,15,22H2,2-3H3,(H2,23,24,25,26,27). The summed E-state index contributed by atoms with van der Waals surface area (Å²) in [6.45, 7) is 7.36. The highest BCUT2D eigenvalue weighted by Crippen LogP contribution is 2.23. The second-order valence-corrected chi connectivity index (χ2v) is 6.38. The predicted molar refractivity (Wildman–Crippen MR) is 122 cm³/mol. The van der Waals surface area contributed by atoms with Crippen LogP contribution in [0.1, 0.15) is 5.56 Å². The molecule has 0 spiro atoms. The molecule has 4 N–H and O–H groups in total. The van der Waals surface area contributed by atoms with E-state index in [1.807, 2.05) is 18.2 Å². The zero-order valence-electron chi connectivity index (χ0n) is 18.6. The Labute approximate surface area is 188 Å². The van der Waals surface area contributed by atoms with Crippen molar-refractivity contribution in [3.63, 3.8) is 0 Å². The van der Waals surface area contributed by atoms with E-state index >= 15 is 0 Å². The molecule has 2 aromatic rings. The summed E-state index contributed by atoms with van der Waals surface area (Å²) in [4.78, 5) is 12.9. The monoisotopic (exact) mass is 448 g/mol. The highest BCUT2D eigenvalue weighted by atomic mass is 16.5. The number of hydrogen-bond acceptors (Lipinski definition) is 11. The molecule has 1 aromatic carbocycles. The topological polar surface area (TPSA) is 135 Å². The summed E-state index contributed by atoms with van der Waals surface area (Å²) in [6, 6.07) is 5.80. The number of nitrogens with two attached hydrogens (primary N) is 1. The van der Waals surface area contributed by atoms with E-state index < -0.39 is 0 Å². The maximum Gasteiger partial charge on any atom is 0.323 e. The molecular formula is C21H32N6O5. The van der Waals surface area contributed by atoms with Crippen LogP contribution in [0.4, 0.5) is 11.9 Å². The molecule has 0 radical (unpaired) electrons. The largest absolute Gasteiger partial charge is 0.497 e. The minimum atomic E-state index is 0.184. The molecule has 0 saturated heterocycles. The fourth-order valence-corrected chi connectivity index (χ4v) is 2.50. The molecule has 176 valence electrons. The molecule has 0 saturated carbocycles. The smallest absolute Gasteiger partial charge is 0.323 e. The third-order valence-corrected chi connectivity index (χ3v) is 3.97. The number of nitrogens with zero attached hydrogens (tertiary/aromatic N) is 3. The van der Waals surface area contributed by atoms with Gasteiger partial charge in [0.15, 0.2) is 0 Å². The van der Waals surface area contributed by atoms with E-state index in [9.17, 15) is 0 Å². The quantitative estimate of drug-likeness (QED) is 0.240. The maximum atomic E-state index is 5.49. The first-order valence-electron chi connectivity index (χ1n) is 10.2. The fourth-order valence-electron chi connectivity index (χ4n) is 2.50. The van der Waals surface area contributed by atoms with Gasteiger partial charge in [-0.15, -0.1) is 0 Å². The molecule has 0 atom stereocenters. The lowest BCUT2D eigenvalue weighted by atomic mass is 10.2. The number of methoxy groups -OCH3 is 2. The van der Waals surface area contributed by atoms with Crippen molar-refractivity contribution >= 4 is 11.9 Å². The van der Waals surface area contributed by atoms with Crippen LogP contribution in [-0.4, -0.2) is 75.3 Å². The first kappa shape index (κ1) is 25.1. The highest BCUT2D eigenvalue weighted by molar-refractivity contribution is 5.41. The Morgan fingerprint density at radius 3 is 2.19 bits per heavy atom. The summed E-state index contributed by atoms with van der Waals surface area (Å²) in [5.74, 6) is 2.12. The van der Waals surface area contributed by atoms with E-state index in [1.54, 1.807) is 20.3 Å². The number of rotatable bonds is 17. The van der Waals surface area contributed by atoms with Crippen molar-refractivity contribution in [2.45, 2.75) is 6.54 Å². The van der Waals surface area contributed by atoms with E-state index in [1.165, 1.54) is 0 Å². The minimum Gasteiger partial charge on any atom is -0.497 e. The fraction of sp³-hybridized carbons (Fsp3) is 0.476. The van der Waals surface area contributed by atoms with Gasteiger partial charge in [-0.1, -0.05) is 12.7 Å². The molecule has 2 rings (SSSR count). The molecule has 0 fully saturated rings. The van der Waals surface area contributed by atoms with Gasteiger partial charge < -0.3 is 40.1 Å². The zero-order chi connectivity index (χ0) is 23.0. The van der Waals surface area contributed by atoms with Crippen LogP contribution in [0, 0.1) is 0 Å². The lowest BCUT2D eigenvalue weighted by Gasteiger charge is -2.12. The Hall–Kier alpha value is -3.15. The zero-order valence-corrected chi connectivity index (χ0v) is 18.6. The molecular weight excluding hydrogens is 416 g/mol. The van der Waals surface area contributed by atoms with Gasteiger partial charge in [-0.05, 0) is 17.7 Å². The number of benzene rings is 1. The van der Waals surface area contributed by atoms with Crippen molar-refractivity contribution in [3.05, 3.63) is 36.4 Å². The minimum absolute atomic E-state index is 0.184. The van der Waals surface area contributed by atoms with Crippen molar-refractivity contribution < 1.29 is 23.7 Å². The van der Waals surface area contributed by atoms with Gasteiger partial charge in [0.05, 0.1) is 40.6 Å². The molecule has 0 aliphatic rings. The Balaban J connectivity index is 1.95. The third-order valence-electron chi connectivity index (χ3n) is 3.97.